The van der Waals surface area contributed by atoms with Crippen molar-refractivity contribution in [2.24, 2.45) is 0 Å². The lowest BCUT2D eigenvalue weighted by Gasteiger charge is -2.24. The summed E-state index contributed by atoms with van der Waals surface area (Å²) in [5, 5.41) is 2.64. The third-order valence-electron chi connectivity index (χ3n) is 3.68. The first kappa shape index (κ1) is 17.9. The fourth-order valence-corrected chi connectivity index (χ4v) is 2.21. The summed E-state index contributed by atoms with van der Waals surface area (Å²) in [6.45, 7) is -0.583. The van der Waals surface area contributed by atoms with Crippen molar-refractivity contribution in [2.45, 2.75) is 26.1 Å². The van der Waals surface area contributed by atoms with E-state index in [1.807, 2.05) is 42.3 Å². The van der Waals surface area contributed by atoms with Crippen molar-refractivity contribution >= 4 is 11.6 Å². The number of hydrogen-bond donors (Lipinski definition) is 1. The largest absolute Gasteiger partial charge is 0.433 e. The number of nitrogens with zero attached hydrogens (tertiary/aromatic N) is 1. The van der Waals surface area contributed by atoms with Gasteiger partial charge in [0.05, 0.1) is 11.7 Å². The topological polar surface area (TPSA) is 41.6 Å². The molecule has 2 aromatic carbocycles. The van der Waals surface area contributed by atoms with Gasteiger partial charge in [-0.05, 0) is 31.7 Å². The Kier molecular flexibility index (Phi) is 6.26. The quantitative estimate of drug-likeness (QED) is 0.838. The summed E-state index contributed by atoms with van der Waals surface area (Å²) in [5.74, 6) is -0.350. The standard InChI is InChI=1S/C18H20F2N2O2/c1-13(22(2)12-14-8-4-3-5-9-14)17(23)21-15-10-6-7-11-16(15)24-18(19)20/h3-11,13,18H,12H2,1-2H3,(H,21,23)/t13-/m0/s1. The molecule has 128 valence electrons. The van der Waals surface area contributed by atoms with Crippen LogP contribution in [0.2, 0.25) is 0 Å². The van der Waals surface area contributed by atoms with E-state index in [-0.39, 0.29) is 17.3 Å². The zero-order valence-corrected chi connectivity index (χ0v) is 13.6. The third-order valence-corrected chi connectivity index (χ3v) is 3.68. The molecule has 0 saturated heterocycles. The van der Waals surface area contributed by atoms with E-state index in [4.69, 9.17) is 0 Å². The summed E-state index contributed by atoms with van der Waals surface area (Å²) in [6.07, 6.45) is 0. The number of alkyl halides is 2. The number of nitrogens with one attached hydrogen (secondary N) is 1. The number of rotatable bonds is 7. The van der Waals surface area contributed by atoms with Gasteiger partial charge in [0.1, 0.15) is 5.75 Å². The number of carbonyl (C=O) groups is 1. The van der Waals surface area contributed by atoms with Crippen molar-refractivity contribution in [1.82, 2.24) is 4.90 Å². The molecule has 1 N–H and O–H groups in total. The van der Waals surface area contributed by atoms with Crippen molar-refractivity contribution in [3.63, 3.8) is 0 Å². The summed E-state index contributed by atoms with van der Waals surface area (Å²) in [5.41, 5.74) is 1.31. The van der Waals surface area contributed by atoms with Gasteiger partial charge in [-0.3, -0.25) is 9.69 Å². The lowest BCUT2D eigenvalue weighted by Crippen LogP contribution is -2.39. The van der Waals surface area contributed by atoms with Crippen molar-refractivity contribution in [1.29, 1.82) is 0 Å². The average Bonchev–Trinajstić information content (AvgIpc) is 2.56. The molecular weight excluding hydrogens is 314 g/mol. The Labute approximate surface area is 140 Å². The van der Waals surface area contributed by atoms with Crippen LogP contribution in [0.5, 0.6) is 5.75 Å². The number of anilines is 1. The Morgan fingerprint density at radius 2 is 1.75 bits per heavy atom. The first-order valence-corrected chi connectivity index (χ1v) is 7.56. The number of benzene rings is 2. The van der Waals surface area contributed by atoms with Gasteiger partial charge >= 0.3 is 6.61 Å². The maximum atomic E-state index is 12.4. The van der Waals surface area contributed by atoms with E-state index >= 15 is 0 Å². The molecule has 0 aliphatic rings. The minimum absolute atomic E-state index is 0.0567. The predicted molar refractivity (Wildman–Crippen MR) is 89.1 cm³/mol. The molecule has 0 heterocycles. The lowest BCUT2D eigenvalue weighted by atomic mass is 10.2. The molecule has 0 aliphatic heterocycles. The molecule has 1 atom stereocenters. The first-order valence-electron chi connectivity index (χ1n) is 7.56. The van der Waals surface area contributed by atoms with E-state index in [0.29, 0.717) is 6.54 Å². The maximum absolute atomic E-state index is 12.4. The van der Waals surface area contributed by atoms with Crippen molar-refractivity contribution in [2.75, 3.05) is 12.4 Å². The van der Waals surface area contributed by atoms with Crippen molar-refractivity contribution < 1.29 is 18.3 Å². The van der Waals surface area contributed by atoms with Crippen LogP contribution in [-0.2, 0) is 11.3 Å². The molecule has 0 aliphatic carbocycles. The maximum Gasteiger partial charge on any atom is 0.387 e. The van der Waals surface area contributed by atoms with Gasteiger partial charge in [0.15, 0.2) is 0 Å². The summed E-state index contributed by atoms with van der Waals surface area (Å²) >= 11 is 0. The molecule has 0 spiro atoms. The van der Waals surface area contributed by atoms with Gasteiger partial charge in [-0.25, -0.2) is 0 Å². The number of amides is 1. The van der Waals surface area contributed by atoms with Crippen LogP contribution in [-0.4, -0.2) is 30.5 Å². The number of hydrogen-bond acceptors (Lipinski definition) is 3. The van der Waals surface area contributed by atoms with Crippen molar-refractivity contribution in [3.8, 4) is 5.75 Å². The monoisotopic (exact) mass is 334 g/mol. The molecule has 4 nitrogen and oxygen atoms in total. The molecule has 1 amide bonds. The van der Waals surface area contributed by atoms with E-state index in [2.05, 4.69) is 10.1 Å². The number of halogens is 2. The van der Waals surface area contributed by atoms with Gasteiger partial charge in [0, 0.05) is 6.54 Å². The number of ether oxygens (including phenoxy) is 1. The minimum Gasteiger partial charge on any atom is -0.433 e. The van der Waals surface area contributed by atoms with E-state index in [9.17, 15) is 13.6 Å². The highest BCUT2D eigenvalue weighted by atomic mass is 19.3. The fourth-order valence-electron chi connectivity index (χ4n) is 2.21. The van der Waals surface area contributed by atoms with Crippen LogP contribution in [0.25, 0.3) is 0 Å². The third kappa shape index (κ3) is 5.03. The molecule has 24 heavy (non-hydrogen) atoms. The van der Waals surface area contributed by atoms with Crippen LogP contribution in [0.1, 0.15) is 12.5 Å². The molecule has 6 heteroatoms. The Bertz CT molecular complexity index is 665. The second-order valence-corrected chi connectivity index (χ2v) is 5.44. The highest BCUT2D eigenvalue weighted by molar-refractivity contribution is 5.95. The Morgan fingerprint density at radius 3 is 2.42 bits per heavy atom. The Hall–Kier alpha value is -2.47. The van der Waals surface area contributed by atoms with Gasteiger partial charge < -0.3 is 10.1 Å². The van der Waals surface area contributed by atoms with Gasteiger partial charge in [-0.15, -0.1) is 0 Å². The average molecular weight is 334 g/mol. The first-order chi connectivity index (χ1) is 11.5. The van der Waals surface area contributed by atoms with E-state index in [1.54, 1.807) is 19.1 Å². The van der Waals surface area contributed by atoms with E-state index in [0.717, 1.165) is 5.56 Å². The molecule has 0 unspecified atom stereocenters. The summed E-state index contributed by atoms with van der Waals surface area (Å²) in [4.78, 5) is 14.3. The molecule has 0 bridgehead atoms. The van der Waals surface area contributed by atoms with Gasteiger partial charge in [0.25, 0.3) is 0 Å². The molecule has 2 rings (SSSR count). The second-order valence-electron chi connectivity index (χ2n) is 5.44. The van der Waals surface area contributed by atoms with E-state index < -0.39 is 12.7 Å². The highest BCUT2D eigenvalue weighted by Crippen LogP contribution is 2.25. The zero-order chi connectivity index (χ0) is 17.5. The minimum atomic E-state index is -2.94. The Morgan fingerprint density at radius 1 is 1.12 bits per heavy atom. The summed E-state index contributed by atoms with van der Waals surface area (Å²) in [7, 11) is 1.83. The van der Waals surface area contributed by atoms with Crippen LogP contribution in [0.4, 0.5) is 14.5 Å². The normalized spacial score (nSPS) is 12.2. The lowest BCUT2D eigenvalue weighted by molar-refractivity contribution is -0.120. The van der Waals surface area contributed by atoms with E-state index in [1.165, 1.54) is 12.1 Å². The SMILES string of the molecule is C[C@@H](C(=O)Nc1ccccc1OC(F)F)N(C)Cc1ccccc1. The molecule has 2 aromatic rings. The van der Waals surface area contributed by atoms with Crippen LogP contribution in [0.3, 0.4) is 0 Å². The second kappa shape index (κ2) is 8.40. The predicted octanol–water partition coefficient (Wildman–Crippen LogP) is 3.75. The van der Waals surface area contributed by atoms with Crippen LogP contribution < -0.4 is 10.1 Å². The molecular formula is C18H20F2N2O2. The molecule has 0 radical (unpaired) electrons. The van der Waals surface area contributed by atoms with Gasteiger partial charge in [-0.2, -0.15) is 8.78 Å². The Balaban J connectivity index is 2.01. The number of para-hydroxylation sites is 2. The molecule has 0 aromatic heterocycles. The van der Waals surface area contributed by atoms with Gasteiger partial charge in [-0.1, -0.05) is 42.5 Å². The van der Waals surface area contributed by atoms with Crippen LogP contribution in [0.15, 0.2) is 54.6 Å². The zero-order valence-electron chi connectivity index (χ0n) is 13.6. The summed E-state index contributed by atoms with van der Waals surface area (Å²) in [6, 6.07) is 15.5. The smallest absolute Gasteiger partial charge is 0.387 e. The number of likely N-dealkylation sites (N-methyl/N-ethyl adjacent to an activating group) is 1. The van der Waals surface area contributed by atoms with Gasteiger partial charge in [0.2, 0.25) is 5.91 Å². The van der Waals surface area contributed by atoms with Crippen LogP contribution in [0, 0.1) is 0 Å². The highest BCUT2D eigenvalue weighted by Gasteiger charge is 2.20. The number of carbonyl (C=O) groups excluding carboxylic acids is 1. The van der Waals surface area contributed by atoms with Crippen molar-refractivity contribution in [3.05, 3.63) is 60.2 Å². The van der Waals surface area contributed by atoms with Crippen LogP contribution >= 0.6 is 0 Å². The fraction of sp³-hybridized carbons (Fsp3) is 0.278. The molecule has 0 fully saturated rings. The summed E-state index contributed by atoms with van der Waals surface area (Å²) < 4.78 is 29.3. The molecule has 0 saturated carbocycles.